The fourth-order valence-corrected chi connectivity index (χ4v) is 4.64. The molecule has 0 bridgehead atoms. The van der Waals surface area contributed by atoms with Crippen molar-refractivity contribution in [3.8, 4) is 17.0 Å². The van der Waals surface area contributed by atoms with Crippen LogP contribution >= 0.6 is 34.8 Å². The summed E-state index contributed by atoms with van der Waals surface area (Å²) in [5, 5.41) is 11.2. The van der Waals surface area contributed by atoms with Crippen molar-refractivity contribution in [2.45, 2.75) is 37.2 Å². The van der Waals surface area contributed by atoms with Crippen molar-refractivity contribution in [3.63, 3.8) is 0 Å². The lowest BCUT2D eigenvalue weighted by Gasteiger charge is -2.20. The summed E-state index contributed by atoms with van der Waals surface area (Å²) in [5.74, 6) is 1.45. The Labute approximate surface area is 214 Å². The number of hydrogen-bond donors (Lipinski definition) is 1. The number of likely N-dealkylation sites (N-methyl/N-ethyl adjacent to an activating group) is 1. The monoisotopic (exact) mass is 522 g/mol. The van der Waals surface area contributed by atoms with Gasteiger partial charge in [-0.05, 0) is 56.4 Å². The minimum absolute atomic E-state index is 0.442. The van der Waals surface area contributed by atoms with Gasteiger partial charge in [-0.25, -0.2) is 4.98 Å². The summed E-state index contributed by atoms with van der Waals surface area (Å²) in [6, 6.07) is 15.6. The molecule has 182 valence electrons. The predicted molar refractivity (Wildman–Crippen MR) is 140 cm³/mol. The molecule has 0 amide bonds. The van der Waals surface area contributed by atoms with E-state index < -0.39 is 9.90 Å². The number of alkyl halides is 3. The highest BCUT2D eigenvalue weighted by molar-refractivity contribution is 6.68. The first-order chi connectivity index (χ1) is 16.3. The number of para-hydroxylation sites is 2. The van der Waals surface area contributed by atoms with Crippen LogP contribution < -0.4 is 4.74 Å². The summed E-state index contributed by atoms with van der Waals surface area (Å²) >= 11 is 18.6. The van der Waals surface area contributed by atoms with Crippen LogP contribution in [-0.4, -0.2) is 54.0 Å². The Morgan fingerprint density at radius 2 is 1.65 bits per heavy atom. The zero-order valence-corrected chi connectivity index (χ0v) is 21.8. The molecule has 1 N–H and O–H groups in total. The number of aliphatic hydroxyl groups is 1. The maximum absolute atomic E-state index is 11.2. The molecule has 2 aromatic carbocycles. The molecule has 2 aromatic heterocycles. The molecule has 1 atom stereocenters. The first-order valence-electron chi connectivity index (χ1n) is 11.5. The molecule has 9 heteroatoms. The third-order valence-electron chi connectivity index (χ3n) is 6.09. The number of ether oxygens (including phenoxy) is 1. The predicted octanol–water partition coefficient (Wildman–Crippen LogP) is 6.10. The van der Waals surface area contributed by atoms with Crippen molar-refractivity contribution in [2.24, 2.45) is 0 Å². The van der Waals surface area contributed by atoms with Crippen molar-refractivity contribution in [3.05, 3.63) is 54.2 Å². The Morgan fingerprint density at radius 1 is 1.00 bits per heavy atom. The van der Waals surface area contributed by atoms with Gasteiger partial charge in [0.2, 0.25) is 9.57 Å². The lowest BCUT2D eigenvalue weighted by molar-refractivity contribution is 0.177. The maximum atomic E-state index is 11.2. The van der Waals surface area contributed by atoms with Crippen LogP contribution in [0.3, 0.4) is 0 Å². The highest BCUT2D eigenvalue weighted by Gasteiger charge is 2.38. The van der Waals surface area contributed by atoms with Crippen LogP contribution in [0.4, 0.5) is 0 Å². The SMILES string of the molecule is CCOc1ccc(-c2nc3n(CCN(CC)CC)c4ccccc4n3c2[C@@H](O)C(Cl)(Cl)Cl)cc1. The topological polar surface area (TPSA) is 54.9 Å². The van der Waals surface area contributed by atoms with Crippen molar-refractivity contribution in [1.29, 1.82) is 0 Å². The van der Waals surface area contributed by atoms with Gasteiger partial charge in [-0.15, -0.1) is 0 Å². The number of aromatic nitrogens is 3. The van der Waals surface area contributed by atoms with Gasteiger partial charge < -0.3 is 19.3 Å². The molecule has 0 radical (unpaired) electrons. The average Bonchev–Trinajstić information content (AvgIpc) is 3.35. The summed E-state index contributed by atoms with van der Waals surface area (Å²) in [6.07, 6.45) is -1.39. The molecule has 0 spiro atoms. The van der Waals surface area contributed by atoms with Crippen molar-refractivity contribution < 1.29 is 9.84 Å². The second kappa shape index (κ2) is 10.3. The summed E-state index contributed by atoms with van der Waals surface area (Å²) in [7, 11) is 0. The highest BCUT2D eigenvalue weighted by atomic mass is 35.6. The van der Waals surface area contributed by atoms with E-state index in [1.54, 1.807) is 0 Å². The standard InChI is InChI=1S/C25H29Cl3N4O2/c1-4-30(5-2)15-16-31-19-9-7-8-10-20(19)32-22(23(33)25(26,27)28)21(29-24(31)32)17-11-13-18(14-12-17)34-6-3/h7-14,23,33H,4-6,15-16H2,1-3H3/t23-/m1/s1. The Balaban J connectivity index is 1.95. The van der Waals surface area contributed by atoms with Gasteiger partial charge in [-0.1, -0.05) is 60.8 Å². The molecule has 0 aliphatic heterocycles. The van der Waals surface area contributed by atoms with Crippen molar-refractivity contribution in [2.75, 3.05) is 26.2 Å². The second-order valence-corrected chi connectivity index (χ2v) is 10.4. The second-order valence-electron chi connectivity index (χ2n) is 8.05. The first-order valence-corrected chi connectivity index (χ1v) is 12.6. The Kier molecular flexibility index (Phi) is 7.65. The number of benzene rings is 2. The van der Waals surface area contributed by atoms with E-state index in [0.29, 0.717) is 23.8 Å². The van der Waals surface area contributed by atoms with Crippen LogP contribution in [0.5, 0.6) is 5.75 Å². The number of imidazole rings is 2. The van der Waals surface area contributed by atoms with Crippen molar-refractivity contribution in [1.82, 2.24) is 18.9 Å². The molecule has 4 aromatic rings. The molecule has 4 rings (SSSR count). The minimum Gasteiger partial charge on any atom is -0.494 e. The van der Waals surface area contributed by atoms with Crippen LogP contribution in [0.1, 0.15) is 32.6 Å². The van der Waals surface area contributed by atoms with E-state index in [0.717, 1.165) is 48.5 Å². The number of nitrogens with zero attached hydrogens (tertiary/aromatic N) is 4. The largest absolute Gasteiger partial charge is 0.494 e. The zero-order chi connectivity index (χ0) is 24.5. The van der Waals surface area contributed by atoms with E-state index in [2.05, 4.69) is 23.3 Å². The van der Waals surface area contributed by atoms with Crippen LogP contribution in [0.2, 0.25) is 0 Å². The Bertz CT molecular complexity index is 1260. The van der Waals surface area contributed by atoms with E-state index in [1.807, 2.05) is 59.9 Å². The molecular weight excluding hydrogens is 495 g/mol. The van der Waals surface area contributed by atoms with Gasteiger partial charge in [-0.3, -0.25) is 4.40 Å². The number of aliphatic hydroxyl groups excluding tert-OH is 1. The van der Waals surface area contributed by atoms with E-state index in [-0.39, 0.29) is 0 Å². The Hall–Kier alpha value is -1.96. The van der Waals surface area contributed by atoms with Gasteiger partial charge in [0.15, 0.2) is 0 Å². The van der Waals surface area contributed by atoms with Crippen molar-refractivity contribution >= 4 is 51.6 Å². The lowest BCUT2D eigenvalue weighted by atomic mass is 10.1. The lowest BCUT2D eigenvalue weighted by Crippen LogP contribution is -2.27. The van der Waals surface area contributed by atoms with Gasteiger partial charge in [0.25, 0.3) is 0 Å². The summed E-state index contributed by atoms with van der Waals surface area (Å²) in [6.45, 7) is 10.4. The van der Waals surface area contributed by atoms with E-state index in [4.69, 9.17) is 44.5 Å². The third kappa shape index (κ3) is 4.75. The fraction of sp³-hybridized carbons (Fsp3) is 0.400. The normalized spacial score (nSPS) is 13.3. The fourth-order valence-electron chi connectivity index (χ4n) is 4.33. The molecule has 0 saturated heterocycles. The molecule has 2 heterocycles. The molecule has 0 fully saturated rings. The molecule has 0 saturated carbocycles. The van der Waals surface area contributed by atoms with E-state index in [1.165, 1.54) is 0 Å². The van der Waals surface area contributed by atoms with Crippen LogP contribution in [0.25, 0.3) is 28.1 Å². The maximum Gasteiger partial charge on any atom is 0.221 e. The molecule has 34 heavy (non-hydrogen) atoms. The minimum atomic E-state index is -1.93. The van der Waals surface area contributed by atoms with Crippen LogP contribution in [-0.2, 0) is 6.54 Å². The van der Waals surface area contributed by atoms with E-state index >= 15 is 0 Å². The zero-order valence-electron chi connectivity index (χ0n) is 19.5. The van der Waals surface area contributed by atoms with E-state index in [9.17, 15) is 5.11 Å². The number of rotatable bonds is 9. The molecule has 6 nitrogen and oxygen atoms in total. The van der Waals surface area contributed by atoms with Crippen LogP contribution in [0, 0.1) is 0 Å². The average molecular weight is 524 g/mol. The highest BCUT2D eigenvalue weighted by Crippen LogP contribution is 2.44. The summed E-state index contributed by atoms with van der Waals surface area (Å²) in [4.78, 5) is 7.35. The number of hydrogen-bond acceptors (Lipinski definition) is 4. The van der Waals surface area contributed by atoms with Crippen LogP contribution in [0.15, 0.2) is 48.5 Å². The Morgan fingerprint density at radius 3 is 2.24 bits per heavy atom. The smallest absolute Gasteiger partial charge is 0.221 e. The molecule has 0 aliphatic rings. The number of halogens is 3. The van der Waals surface area contributed by atoms with Gasteiger partial charge in [0.05, 0.1) is 29.0 Å². The summed E-state index contributed by atoms with van der Waals surface area (Å²) in [5.41, 5.74) is 3.71. The molecular formula is C25H29Cl3N4O2. The number of fused-ring (bicyclic) bond motifs is 3. The quantitative estimate of drug-likeness (QED) is 0.269. The molecule has 0 unspecified atom stereocenters. The molecule has 0 aliphatic carbocycles. The first kappa shape index (κ1) is 25.1. The van der Waals surface area contributed by atoms with Gasteiger partial charge in [0, 0.05) is 18.7 Å². The summed E-state index contributed by atoms with van der Waals surface area (Å²) < 4.78 is 7.73. The van der Waals surface area contributed by atoms with Gasteiger partial charge >= 0.3 is 0 Å². The third-order valence-corrected chi connectivity index (χ3v) is 6.71. The van der Waals surface area contributed by atoms with Gasteiger partial charge in [-0.2, -0.15) is 0 Å². The van der Waals surface area contributed by atoms with Gasteiger partial charge in [0.1, 0.15) is 11.9 Å².